The zero-order valence-electron chi connectivity index (χ0n) is 10.2. The smallest absolute Gasteiger partial charge is 0.0295 e. The molecule has 0 aromatic rings. The average Bonchev–Trinajstić information content (AvgIpc) is 2.16. The highest BCUT2D eigenvalue weighted by Gasteiger charge is 2.49. The second kappa shape index (κ2) is 4.29. The maximum atomic E-state index is 5.99. The first-order valence-electron chi connectivity index (χ1n) is 6.43. The number of rotatable bonds is 3. The van der Waals surface area contributed by atoms with Gasteiger partial charge in [-0.25, -0.2) is 0 Å². The highest BCUT2D eigenvalue weighted by molar-refractivity contribution is 8.01. The van der Waals surface area contributed by atoms with Crippen molar-refractivity contribution in [3.05, 3.63) is 0 Å². The van der Waals surface area contributed by atoms with Crippen LogP contribution in [0.3, 0.4) is 0 Å². The fourth-order valence-electron chi connectivity index (χ4n) is 3.50. The van der Waals surface area contributed by atoms with E-state index in [0.717, 1.165) is 11.8 Å². The largest absolute Gasteiger partial charge is 0.329 e. The van der Waals surface area contributed by atoms with E-state index in [1.165, 1.54) is 44.9 Å². The Balaban J connectivity index is 1.86. The molecule has 88 valence electrons. The van der Waals surface area contributed by atoms with Crippen LogP contribution < -0.4 is 5.73 Å². The van der Waals surface area contributed by atoms with Crippen molar-refractivity contribution in [3.8, 4) is 0 Å². The van der Waals surface area contributed by atoms with Crippen LogP contribution in [0.2, 0.25) is 0 Å². The predicted molar refractivity (Wildman–Crippen MR) is 69.3 cm³/mol. The maximum Gasteiger partial charge on any atom is 0.0295 e. The lowest BCUT2D eigenvalue weighted by Crippen LogP contribution is -2.52. The molecule has 2 fully saturated rings. The quantitative estimate of drug-likeness (QED) is 0.797. The summed E-state index contributed by atoms with van der Waals surface area (Å²) in [7, 11) is 0. The average molecular weight is 227 g/mol. The van der Waals surface area contributed by atoms with Gasteiger partial charge in [0.05, 0.1) is 0 Å². The molecule has 2 aliphatic rings. The first kappa shape index (κ1) is 11.8. The molecule has 0 unspecified atom stereocenters. The fourth-order valence-corrected chi connectivity index (χ4v) is 5.83. The van der Waals surface area contributed by atoms with Crippen molar-refractivity contribution < 1.29 is 0 Å². The molecular weight excluding hydrogens is 202 g/mol. The molecule has 0 radical (unpaired) electrons. The summed E-state index contributed by atoms with van der Waals surface area (Å²) in [6, 6.07) is 0. The Morgan fingerprint density at radius 2 is 1.73 bits per heavy atom. The van der Waals surface area contributed by atoms with E-state index in [1.54, 1.807) is 0 Å². The van der Waals surface area contributed by atoms with Crippen molar-refractivity contribution in [2.45, 2.75) is 68.8 Å². The summed E-state index contributed by atoms with van der Waals surface area (Å²) in [5.41, 5.74) is 6.54. The third kappa shape index (κ3) is 2.71. The van der Waals surface area contributed by atoms with Gasteiger partial charge >= 0.3 is 0 Å². The molecule has 0 heterocycles. The Bertz CT molecular complexity index is 211. The van der Waals surface area contributed by atoms with E-state index in [9.17, 15) is 0 Å². The molecule has 2 heteroatoms. The van der Waals surface area contributed by atoms with Crippen molar-refractivity contribution >= 4 is 11.8 Å². The highest BCUT2D eigenvalue weighted by atomic mass is 32.2. The molecule has 2 saturated carbocycles. The van der Waals surface area contributed by atoms with Gasteiger partial charge in [-0.2, -0.15) is 11.8 Å². The summed E-state index contributed by atoms with van der Waals surface area (Å²) in [4.78, 5) is 0. The molecule has 0 aromatic heterocycles. The van der Waals surface area contributed by atoms with E-state index in [0.29, 0.717) is 10.2 Å². The number of nitrogens with two attached hydrogens (primary N) is 1. The Morgan fingerprint density at radius 3 is 2.20 bits per heavy atom. The van der Waals surface area contributed by atoms with Gasteiger partial charge in [-0.05, 0) is 31.1 Å². The first-order chi connectivity index (χ1) is 7.05. The molecule has 0 spiro atoms. The van der Waals surface area contributed by atoms with E-state index in [1.807, 2.05) is 0 Å². The Labute approximate surface area is 98.6 Å². The van der Waals surface area contributed by atoms with Crippen molar-refractivity contribution in [1.82, 2.24) is 0 Å². The Hall–Kier alpha value is 0.310. The van der Waals surface area contributed by atoms with Gasteiger partial charge in [0.2, 0.25) is 0 Å². The van der Waals surface area contributed by atoms with Crippen LogP contribution in [0.15, 0.2) is 0 Å². The minimum atomic E-state index is 0.450. The van der Waals surface area contributed by atoms with Crippen LogP contribution in [-0.2, 0) is 0 Å². The van der Waals surface area contributed by atoms with Crippen LogP contribution in [0.4, 0.5) is 0 Å². The van der Waals surface area contributed by atoms with E-state index in [2.05, 4.69) is 25.6 Å². The van der Waals surface area contributed by atoms with Gasteiger partial charge in [0, 0.05) is 16.5 Å². The zero-order chi connectivity index (χ0) is 10.9. The van der Waals surface area contributed by atoms with E-state index in [-0.39, 0.29) is 0 Å². The van der Waals surface area contributed by atoms with Crippen molar-refractivity contribution in [3.63, 3.8) is 0 Å². The van der Waals surface area contributed by atoms with Crippen molar-refractivity contribution in [2.24, 2.45) is 11.1 Å². The summed E-state index contributed by atoms with van der Waals surface area (Å²) < 4.78 is 0.450. The normalized spacial score (nSPS) is 29.8. The lowest BCUT2D eigenvalue weighted by Gasteiger charge is -2.54. The van der Waals surface area contributed by atoms with Crippen LogP contribution in [0.1, 0.15) is 58.8 Å². The lowest BCUT2D eigenvalue weighted by molar-refractivity contribution is 0.131. The van der Waals surface area contributed by atoms with E-state index >= 15 is 0 Å². The summed E-state index contributed by atoms with van der Waals surface area (Å²) in [5.74, 6) is 0. The molecule has 2 aliphatic carbocycles. The summed E-state index contributed by atoms with van der Waals surface area (Å²) in [6.45, 7) is 5.64. The molecule has 0 aliphatic heterocycles. The Morgan fingerprint density at radius 1 is 1.13 bits per heavy atom. The van der Waals surface area contributed by atoms with Crippen LogP contribution >= 0.6 is 11.8 Å². The lowest BCUT2D eigenvalue weighted by atomic mass is 9.64. The van der Waals surface area contributed by atoms with Gasteiger partial charge in [0.1, 0.15) is 0 Å². The van der Waals surface area contributed by atoms with Crippen LogP contribution in [0.5, 0.6) is 0 Å². The molecule has 0 atom stereocenters. The molecule has 2 N–H and O–H groups in total. The van der Waals surface area contributed by atoms with Crippen LogP contribution in [0, 0.1) is 5.41 Å². The molecule has 1 nitrogen and oxygen atoms in total. The zero-order valence-corrected chi connectivity index (χ0v) is 11.0. The van der Waals surface area contributed by atoms with Crippen molar-refractivity contribution in [2.75, 3.05) is 6.54 Å². The highest BCUT2D eigenvalue weighted by Crippen LogP contribution is 2.57. The maximum absolute atomic E-state index is 5.99. The van der Waals surface area contributed by atoms with Gasteiger partial charge in [0.15, 0.2) is 0 Å². The standard InChI is InChI=1S/C13H25NS/c1-12(2)8-13(9-12,10-14)15-11-6-4-3-5-7-11/h11H,3-10,14H2,1-2H3. The van der Waals surface area contributed by atoms with Crippen molar-refractivity contribution in [1.29, 1.82) is 0 Å². The minimum absolute atomic E-state index is 0.450. The van der Waals surface area contributed by atoms with Gasteiger partial charge < -0.3 is 5.73 Å². The Kier molecular flexibility index (Phi) is 3.37. The molecule has 0 amide bonds. The third-order valence-corrected chi connectivity index (χ3v) is 5.70. The molecule has 15 heavy (non-hydrogen) atoms. The SMILES string of the molecule is CC1(C)CC(CN)(SC2CCCCC2)C1. The van der Waals surface area contributed by atoms with Gasteiger partial charge in [-0.15, -0.1) is 0 Å². The first-order valence-corrected chi connectivity index (χ1v) is 7.31. The molecular formula is C13H25NS. The summed E-state index contributed by atoms with van der Waals surface area (Å²) in [6.07, 6.45) is 9.89. The number of thioether (sulfide) groups is 1. The van der Waals surface area contributed by atoms with E-state index in [4.69, 9.17) is 5.73 Å². The molecule has 0 aromatic carbocycles. The summed E-state index contributed by atoms with van der Waals surface area (Å²) >= 11 is 2.23. The van der Waals surface area contributed by atoms with Crippen LogP contribution in [0.25, 0.3) is 0 Å². The van der Waals surface area contributed by atoms with Gasteiger partial charge in [-0.1, -0.05) is 33.1 Å². The van der Waals surface area contributed by atoms with E-state index < -0.39 is 0 Å². The monoisotopic (exact) mass is 227 g/mol. The molecule has 0 saturated heterocycles. The molecule has 2 rings (SSSR count). The minimum Gasteiger partial charge on any atom is -0.329 e. The number of hydrogen-bond acceptors (Lipinski definition) is 2. The number of hydrogen-bond donors (Lipinski definition) is 1. The fraction of sp³-hybridized carbons (Fsp3) is 1.00. The third-order valence-electron chi connectivity index (χ3n) is 3.94. The second-order valence-corrected chi connectivity index (χ2v) is 8.05. The summed E-state index contributed by atoms with van der Waals surface area (Å²) in [5, 5.41) is 0.915. The van der Waals surface area contributed by atoms with Crippen LogP contribution in [-0.4, -0.2) is 16.5 Å². The predicted octanol–water partition coefficient (Wildman–Crippen LogP) is 3.57. The van der Waals surface area contributed by atoms with Gasteiger partial charge in [0.25, 0.3) is 0 Å². The van der Waals surface area contributed by atoms with Gasteiger partial charge in [-0.3, -0.25) is 0 Å². The second-order valence-electron chi connectivity index (χ2n) is 6.28. The molecule has 0 bridgehead atoms. The topological polar surface area (TPSA) is 26.0 Å².